The Morgan fingerprint density at radius 2 is 1.80 bits per heavy atom. The highest BCUT2D eigenvalue weighted by atomic mass is 79.9. The van der Waals surface area contributed by atoms with Gasteiger partial charge in [0.15, 0.2) is 0 Å². The van der Waals surface area contributed by atoms with Crippen LogP contribution in [0.2, 0.25) is 5.02 Å². The molecule has 0 aliphatic heterocycles. The minimum Gasteiger partial charge on any atom is -0.487 e. The second kappa shape index (κ2) is 8.85. The topological polar surface area (TPSA) is 85.5 Å². The van der Waals surface area contributed by atoms with Crippen LogP contribution in [0, 0.1) is 0 Å². The Hall–Kier alpha value is -2.90. The first-order chi connectivity index (χ1) is 14.5. The summed E-state index contributed by atoms with van der Waals surface area (Å²) >= 11 is 9.78. The fourth-order valence-corrected chi connectivity index (χ4v) is 4.24. The van der Waals surface area contributed by atoms with Gasteiger partial charge < -0.3 is 9.84 Å². The van der Waals surface area contributed by atoms with E-state index in [1.54, 1.807) is 18.2 Å². The van der Waals surface area contributed by atoms with Gasteiger partial charge in [-0.05, 0) is 86.1 Å². The lowest BCUT2D eigenvalue weighted by molar-refractivity contribution is 0.0695. The number of hydrogen-bond acceptors (Lipinski definition) is 5. The molecule has 6 nitrogen and oxygen atoms in total. The fourth-order valence-electron chi connectivity index (χ4n) is 3.25. The maximum Gasteiger partial charge on any atom is 0.335 e. The molecule has 4 rings (SSSR count). The molecule has 3 aromatic carbocycles. The molecular formula is C22H16BrClN2O4. The summed E-state index contributed by atoms with van der Waals surface area (Å²) in [4.78, 5) is 11.5. The SMILES string of the molecule is O=C(O)c1ccccc1CCc1cc(Cl)cc(Br)c1OCc1ccc2nonc2c1. The van der Waals surface area contributed by atoms with E-state index < -0.39 is 5.97 Å². The molecule has 0 amide bonds. The van der Waals surface area contributed by atoms with E-state index in [9.17, 15) is 9.90 Å². The Kier molecular flexibility index (Phi) is 6.01. The van der Waals surface area contributed by atoms with Crippen LogP contribution < -0.4 is 4.74 Å². The highest BCUT2D eigenvalue weighted by Crippen LogP contribution is 2.34. The van der Waals surface area contributed by atoms with E-state index in [0.717, 1.165) is 21.2 Å². The number of nitrogens with zero attached hydrogens (tertiary/aromatic N) is 2. The van der Waals surface area contributed by atoms with Gasteiger partial charge in [-0.2, -0.15) is 0 Å². The van der Waals surface area contributed by atoms with E-state index in [1.165, 1.54) is 0 Å². The maximum atomic E-state index is 11.5. The molecule has 0 aliphatic rings. The van der Waals surface area contributed by atoms with E-state index >= 15 is 0 Å². The molecule has 0 bridgehead atoms. The van der Waals surface area contributed by atoms with Crippen molar-refractivity contribution in [3.8, 4) is 5.75 Å². The molecule has 8 heteroatoms. The first-order valence-corrected chi connectivity index (χ1v) is 10.3. The summed E-state index contributed by atoms with van der Waals surface area (Å²) in [5, 5.41) is 17.6. The molecule has 4 aromatic rings. The number of halogens is 2. The van der Waals surface area contributed by atoms with Gasteiger partial charge in [-0.15, -0.1) is 0 Å². The van der Waals surface area contributed by atoms with Crippen molar-refractivity contribution in [3.63, 3.8) is 0 Å². The Morgan fingerprint density at radius 3 is 2.63 bits per heavy atom. The van der Waals surface area contributed by atoms with E-state index in [2.05, 4.69) is 26.2 Å². The van der Waals surface area contributed by atoms with Gasteiger partial charge in [0.25, 0.3) is 0 Å². The summed E-state index contributed by atoms with van der Waals surface area (Å²) in [6.07, 6.45) is 1.12. The van der Waals surface area contributed by atoms with Gasteiger partial charge in [0.2, 0.25) is 0 Å². The fraction of sp³-hybridized carbons (Fsp3) is 0.136. The largest absolute Gasteiger partial charge is 0.487 e. The quantitative estimate of drug-likeness (QED) is 0.360. The zero-order valence-electron chi connectivity index (χ0n) is 15.6. The number of aromatic nitrogens is 2. The van der Waals surface area contributed by atoms with E-state index in [1.807, 2.05) is 36.4 Å². The van der Waals surface area contributed by atoms with E-state index in [0.29, 0.717) is 46.8 Å². The lowest BCUT2D eigenvalue weighted by Gasteiger charge is -2.15. The van der Waals surface area contributed by atoms with Gasteiger partial charge in [-0.1, -0.05) is 35.9 Å². The smallest absolute Gasteiger partial charge is 0.335 e. The zero-order chi connectivity index (χ0) is 21.1. The highest BCUT2D eigenvalue weighted by molar-refractivity contribution is 9.10. The highest BCUT2D eigenvalue weighted by Gasteiger charge is 2.14. The lowest BCUT2D eigenvalue weighted by atomic mass is 9.99. The van der Waals surface area contributed by atoms with Crippen LogP contribution in [0.1, 0.15) is 27.0 Å². The summed E-state index contributed by atoms with van der Waals surface area (Å²) in [6, 6.07) is 16.2. The van der Waals surface area contributed by atoms with Crippen molar-refractivity contribution in [2.75, 3.05) is 0 Å². The van der Waals surface area contributed by atoms with Gasteiger partial charge in [-0.3, -0.25) is 0 Å². The van der Waals surface area contributed by atoms with Crippen molar-refractivity contribution in [3.05, 3.63) is 86.3 Å². The number of benzene rings is 3. The van der Waals surface area contributed by atoms with Gasteiger partial charge >= 0.3 is 5.97 Å². The number of rotatable bonds is 7. The summed E-state index contributed by atoms with van der Waals surface area (Å²) in [5.41, 5.74) is 4.22. The summed E-state index contributed by atoms with van der Waals surface area (Å²) in [7, 11) is 0. The van der Waals surface area contributed by atoms with Crippen molar-refractivity contribution in [1.82, 2.24) is 10.3 Å². The molecule has 0 aliphatic carbocycles. The van der Waals surface area contributed by atoms with Gasteiger partial charge in [0.1, 0.15) is 23.4 Å². The molecule has 1 N–H and O–H groups in total. The van der Waals surface area contributed by atoms with E-state index in [-0.39, 0.29) is 0 Å². The van der Waals surface area contributed by atoms with E-state index in [4.69, 9.17) is 21.0 Å². The van der Waals surface area contributed by atoms with Crippen LogP contribution in [0.4, 0.5) is 0 Å². The van der Waals surface area contributed by atoms with Gasteiger partial charge in [0, 0.05) is 5.02 Å². The second-order valence-electron chi connectivity index (χ2n) is 6.71. The minimum absolute atomic E-state index is 0.301. The molecule has 0 radical (unpaired) electrons. The van der Waals surface area contributed by atoms with Gasteiger partial charge in [-0.25, -0.2) is 9.42 Å². The average Bonchev–Trinajstić information content (AvgIpc) is 3.19. The summed E-state index contributed by atoms with van der Waals surface area (Å²) < 4.78 is 11.6. The maximum absolute atomic E-state index is 11.5. The van der Waals surface area contributed by atoms with Crippen LogP contribution >= 0.6 is 27.5 Å². The Labute approximate surface area is 185 Å². The molecule has 0 unspecified atom stereocenters. The van der Waals surface area contributed by atoms with Crippen LogP contribution in [0.5, 0.6) is 5.75 Å². The number of fused-ring (bicyclic) bond motifs is 1. The molecule has 30 heavy (non-hydrogen) atoms. The number of carboxylic acids is 1. The van der Waals surface area contributed by atoms with Crippen LogP contribution in [0.15, 0.2) is 63.7 Å². The third-order valence-electron chi connectivity index (χ3n) is 4.70. The van der Waals surface area contributed by atoms with Crippen LogP contribution in [0.25, 0.3) is 11.0 Å². The zero-order valence-corrected chi connectivity index (χ0v) is 18.0. The molecule has 0 spiro atoms. The molecule has 0 atom stereocenters. The Balaban J connectivity index is 1.55. The third-order valence-corrected chi connectivity index (χ3v) is 5.51. The number of aryl methyl sites for hydroxylation is 2. The van der Waals surface area contributed by atoms with Crippen molar-refractivity contribution in [2.45, 2.75) is 19.4 Å². The minimum atomic E-state index is -0.938. The molecule has 1 aromatic heterocycles. The molecule has 152 valence electrons. The standard InChI is InChI=1S/C22H16BrClN2O4/c23-18-11-16(24)10-15(7-6-14-3-1-2-4-17(14)22(27)28)21(18)29-12-13-5-8-19-20(9-13)26-30-25-19/h1-5,8-11H,6-7,12H2,(H,27,28). The predicted molar refractivity (Wildman–Crippen MR) is 116 cm³/mol. The molecular weight excluding hydrogens is 472 g/mol. The molecule has 0 saturated heterocycles. The van der Waals surface area contributed by atoms with Crippen molar-refractivity contribution < 1.29 is 19.3 Å². The van der Waals surface area contributed by atoms with Crippen molar-refractivity contribution in [1.29, 1.82) is 0 Å². The molecule has 0 saturated carbocycles. The number of ether oxygens (including phenoxy) is 1. The molecule has 0 fully saturated rings. The van der Waals surface area contributed by atoms with Crippen LogP contribution in [-0.2, 0) is 19.4 Å². The molecule has 1 heterocycles. The van der Waals surface area contributed by atoms with Crippen molar-refractivity contribution in [2.24, 2.45) is 0 Å². The van der Waals surface area contributed by atoms with Gasteiger partial charge in [0.05, 0.1) is 10.0 Å². The average molecular weight is 488 g/mol. The first kappa shape index (κ1) is 20.4. The summed E-state index contributed by atoms with van der Waals surface area (Å²) in [5.74, 6) is -0.266. The predicted octanol–water partition coefficient (Wildman–Crippen LogP) is 5.70. The number of carbonyl (C=O) groups is 1. The summed E-state index contributed by atoms with van der Waals surface area (Å²) in [6.45, 7) is 0.321. The monoisotopic (exact) mass is 486 g/mol. The van der Waals surface area contributed by atoms with Crippen molar-refractivity contribution >= 4 is 44.5 Å². The Bertz CT molecular complexity index is 1220. The third kappa shape index (κ3) is 4.47. The number of carboxylic acid groups (broad SMARTS) is 1. The Morgan fingerprint density at radius 1 is 1.03 bits per heavy atom. The second-order valence-corrected chi connectivity index (χ2v) is 8.00. The number of hydrogen-bond donors (Lipinski definition) is 1. The normalized spacial score (nSPS) is 11.0. The first-order valence-electron chi connectivity index (χ1n) is 9.14. The lowest BCUT2D eigenvalue weighted by Crippen LogP contribution is -2.05. The van der Waals surface area contributed by atoms with Crippen LogP contribution in [0.3, 0.4) is 0 Å². The number of aromatic carboxylic acids is 1. The van der Waals surface area contributed by atoms with Crippen LogP contribution in [-0.4, -0.2) is 21.4 Å².